The van der Waals surface area contributed by atoms with E-state index in [0.717, 1.165) is 37.8 Å². The van der Waals surface area contributed by atoms with E-state index in [1.807, 2.05) is 25.2 Å². The number of allylic oxidation sites excluding steroid dienone is 1. The number of fused-ring (bicyclic) bond motifs is 5. The molecule has 8 saturated heterocycles. The van der Waals surface area contributed by atoms with E-state index < -0.39 is 53.2 Å². The Morgan fingerprint density at radius 1 is 0.867 bits per heavy atom. The van der Waals surface area contributed by atoms with E-state index in [1.54, 1.807) is 0 Å². The molecule has 0 aromatic rings. The van der Waals surface area contributed by atoms with Gasteiger partial charge in [0.05, 0.1) is 42.7 Å². The molecule has 336 valence electrons. The second kappa shape index (κ2) is 16.0. The van der Waals surface area contributed by atoms with Crippen molar-refractivity contribution in [3.8, 4) is 0 Å². The van der Waals surface area contributed by atoms with Crippen molar-refractivity contribution in [3.63, 3.8) is 0 Å². The van der Waals surface area contributed by atoms with Gasteiger partial charge in [-0.15, -0.1) is 0 Å². The fraction of sp³-hybridized carbons (Fsp3) is 0.851. The Labute approximate surface area is 355 Å². The van der Waals surface area contributed by atoms with Gasteiger partial charge in [-0.25, -0.2) is 0 Å². The average Bonchev–Trinajstić information content (AvgIpc) is 3.87. The first kappa shape index (κ1) is 43.5. The van der Waals surface area contributed by atoms with Crippen LogP contribution >= 0.6 is 0 Å². The van der Waals surface area contributed by atoms with Gasteiger partial charge in [0.1, 0.15) is 17.9 Å². The Bertz CT molecular complexity index is 1690. The predicted octanol–water partition coefficient (Wildman–Crippen LogP) is 6.26. The zero-order valence-electron chi connectivity index (χ0n) is 36.6. The molecule has 0 amide bonds. The van der Waals surface area contributed by atoms with Crippen LogP contribution in [0.1, 0.15) is 125 Å². The molecule has 0 aromatic carbocycles. The molecule has 0 saturated carbocycles. The normalized spacial score (nSPS) is 52.9. The van der Waals surface area contributed by atoms with Crippen LogP contribution in [0.4, 0.5) is 0 Å². The lowest BCUT2D eigenvalue weighted by Crippen LogP contribution is -2.62. The van der Waals surface area contributed by atoms with Gasteiger partial charge in [-0.2, -0.15) is 0 Å². The Hall–Kier alpha value is -1.75. The van der Waals surface area contributed by atoms with Crippen LogP contribution in [0.15, 0.2) is 36.5 Å². The number of hydrogen-bond acceptors (Lipinski definition) is 12. The number of carbonyl (C=O) groups is 1. The zero-order chi connectivity index (χ0) is 42.4. The largest absolute Gasteiger partial charge is 0.481 e. The van der Waals surface area contributed by atoms with E-state index in [1.165, 1.54) is 0 Å². The monoisotopic (exact) mass is 841 g/mol. The maximum atomic E-state index is 12.4. The fourth-order valence-corrected chi connectivity index (χ4v) is 12.9. The topological polar surface area (TPSA) is 164 Å². The van der Waals surface area contributed by atoms with Crippen molar-refractivity contribution in [2.24, 2.45) is 35.5 Å². The molecule has 3 spiro atoms. The fourth-order valence-electron chi connectivity index (χ4n) is 12.9. The van der Waals surface area contributed by atoms with Crippen LogP contribution in [-0.4, -0.2) is 112 Å². The third-order valence-corrected chi connectivity index (χ3v) is 15.9. The third kappa shape index (κ3) is 7.81. The van der Waals surface area contributed by atoms with Crippen molar-refractivity contribution in [2.45, 2.75) is 209 Å². The minimum atomic E-state index is -1.88. The molecule has 0 aliphatic carbocycles. The number of nitrogens with one attached hydrogen (secondary N) is 1. The summed E-state index contributed by atoms with van der Waals surface area (Å²) in [6, 6.07) is 0. The molecule has 0 aromatic heterocycles. The quantitative estimate of drug-likeness (QED) is 0.193. The minimum absolute atomic E-state index is 0.0112. The average molecular weight is 842 g/mol. The molecule has 9 heterocycles. The minimum Gasteiger partial charge on any atom is -0.481 e. The van der Waals surface area contributed by atoms with Crippen LogP contribution < -0.4 is 5.32 Å². The van der Waals surface area contributed by atoms with Crippen LogP contribution in [0.2, 0.25) is 0 Å². The number of aliphatic carboxylic acids is 1. The van der Waals surface area contributed by atoms with Gasteiger partial charge in [-0.05, 0) is 61.3 Å². The summed E-state index contributed by atoms with van der Waals surface area (Å²) in [6.45, 7) is 18.5. The molecule has 9 aliphatic heterocycles. The second-order valence-electron chi connectivity index (χ2n) is 20.9. The highest BCUT2D eigenvalue weighted by Crippen LogP contribution is 2.56. The highest BCUT2D eigenvalue weighted by molar-refractivity contribution is 5.66. The summed E-state index contributed by atoms with van der Waals surface area (Å²) < 4.78 is 54.2. The van der Waals surface area contributed by atoms with Gasteiger partial charge in [-0.3, -0.25) is 10.1 Å². The first-order valence-electron chi connectivity index (χ1n) is 23.2. The summed E-state index contributed by atoms with van der Waals surface area (Å²) >= 11 is 0. The summed E-state index contributed by atoms with van der Waals surface area (Å²) in [4.78, 5) is 11.0. The summed E-state index contributed by atoms with van der Waals surface area (Å²) in [5.74, 6) is -4.29. The number of ether oxygens (including phenoxy) is 8. The van der Waals surface area contributed by atoms with E-state index in [4.69, 9.17) is 43.0 Å². The van der Waals surface area contributed by atoms with Gasteiger partial charge in [0.2, 0.25) is 0 Å². The molecule has 9 rings (SSSR count). The molecule has 8 fully saturated rings. The van der Waals surface area contributed by atoms with Gasteiger partial charge >= 0.3 is 5.97 Å². The third-order valence-electron chi connectivity index (χ3n) is 15.9. The molecule has 4 N–H and O–H groups in total. The van der Waals surface area contributed by atoms with E-state index in [-0.39, 0.29) is 60.8 Å². The molecule has 13 heteroatoms. The van der Waals surface area contributed by atoms with Gasteiger partial charge in [-0.1, -0.05) is 72.4 Å². The Kier molecular flexibility index (Phi) is 11.6. The Morgan fingerprint density at radius 2 is 1.67 bits per heavy atom. The lowest BCUT2D eigenvalue weighted by molar-refractivity contribution is -0.367. The van der Waals surface area contributed by atoms with Crippen molar-refractivity contribution in [2.75, 3.05) is 6.54 Å². The number of aliphatic hydroxyl groups excluding tert-OH is 1. The van der Waals surface area contributed by atoms with Crippen molar-refractivity contribution in [1.82, 2.24) is 5.32 Å². The van der Waals surface area contributed by atoms with Crippen LogP contribution in [0, 0.1) is 35.5 Å². The highest BCUT2D eigenvalue weighted by Gasteiger charge is 2.64. The van der Waals surface area contributed by atoms with Gasteiger partial charge in [0.15, 0.2) is 23.1 Å². The van der Waals surface area contributed by atoms with Crippen LogP contribution in [-0.2, 0) is 42.7 Å². The molecular formula is C47H71NO12. The summed E-state index contributed by atoms with van der Waals surface area (Å²) in [5, 5.41) is 37.3. The predicted molar refractivity (Wildman–Crippen MR) is 219 cm³/mol. The lowest BCUT2D eigenvalue weighted by atomic mass is 9.76. The van der Waals surface area contributed by atoms with E-state index in [0.29, 0.717) is 69.1 Å². The number of carboxylic acid groups (broad SMARTS) is 1. The van der Waals surface area contributed by atoms with Crippen LogP contribution in [0.3, 0.4) is 0 Å². The second-order valence-corrected chi connectivity index (χ2v) is 20.9. The summed E-state index contributed by atoms with van der Waals surface area (Å²) in [7, 11) is 0. The molecule has 0 unspecified atom stereocenters. The number of aliphatic hydroxyl groups is 2. The smallest absolute Gasteiger partial charge is 0.303 e. The Balaban J connectivity index is 0.845. The van der Waals surface area contributed by atoms with Crippen molar-refractivity contribution in [3.05, 3.63) is 36.5 Å². The SMILES string of the molecule is C=C(C[C@]12C[C@@H](C)C[C@H](O1)[C@H]1O[C@]3(C[C@H]1O2)NC[C@H](C)C[C@@H]3C)[C@H]1O[C@@](O)([C@H](O)[C@@H]2C[C@H]3O[C@@]4(CC[C@]5(CC=C[C@@H](/C=C/CCC(=O)O)O5)O4)[C@H](C)C[C@H]3O2)[C@H](C)C[C@@H]1C. The van der Waals surface area contributed by atoms with E-state index in [2.05, 4.69) is 52.6 Å². The first-order chi connectivity index (χ1) is 28.4. The Morgan fingerprint density at radius 3 is 2.45 bits per heavy atom. The van der Waals surface area contributed by atoms with Crippen molar-refractivity contribution < 1.29 is 58.0 Å². The molecular weight excluding hydrogens is 771 g/mol. The molecule has 60 heavy (non-hydrogen) atoms. The highest BCUT2D eigenvalue weighted by atomic mass is 16.8. The number of carboxylic acids is 1. The molecule has 13 nitrogen and oxygen atoms in total. The summed E-state index contributed by atoms with van der Waals surface area (Å²) in [5.41, 5.74) is 0.391. The molecule has 20 atom stereocenters. The van der Waals surface area contributed by atoms with Crippen molar-refractivity contribution >= 4 is 5.97 Å². The maximum Gasteiger partial charge on any atom is 0.303 e. The van der Waals surface area contributed by atoms with Gasteiger partial charge in [0.25, 0.3) is 0 Å². The van der Waals surface area contributed by atoms with Crippen LogP contribution in [0.5, 0.6) is 0 Å². The summed E-state index contributed by atoms with van der Waals surface area (Å²) in [6.07, 6.45) is 12.1. The van der Waals surface area contributed by atoms with E-state index >= 15 is 0 Å². The number of rotatable bonds is 9. The zero-order valence-corrected chi connectivity index (χ0v) is 36.6. The first-order valence-corrected chi connectivity index (χ1v) is 23.2. The maximum absolute atomic E-state index is 12.4. The van der Waals surface area contributed by atoms with E-state index in [9.17, 15) is 15.0 Å². The number of hydrogen-bond donors (Lipinski definition) is 4. The number of piperidine rings is 1. The molecule has 2 bridgehead atoms. The van der Waals surface area contributed by atoms with Crippen LogP contribution in [0.25, 0.3) is 0 Å². The van der Waals surface area contributed by atoms with Gasteiger partial charge < -0.3 is 53.2 Å². The molecule has 0 radical (unpaired) electrons. The van der Waals surface area contributed by atoms with Gasteiger partial charge in [0, 0.05) is 69.7 Å². The lowest BCUT2D eigenvalue weighted by Gasteiger charge is -2.53. The van der Waals surface area contributed by atoms with Crippen molar-refractivity contribution in [1.29, 1.82) is 0 Å². The standard InChI is InChI=1S/C47H71NO12/c1-26-18-36-41-38(24-45(58-41)30(5)17-27(2)25-48-45)56-44(22-26,55-36)23-29(4)40-28(3)19-32(7)47(52,59-40)42(51)37-21-35-34(53-37)20-31(6)46(57-35)16-15-43(60-46)14-10-12-33(54-43)11-8-9-13-39(49)50/h8,10-12,26-28,30-38,40-42,48,51-52H,4,9,13-25H2,1-3,5-7H3,(H,49,50)/b11-8+/t26-,27+,28-,30-,31+,32+,33+,34+,35+,36-,37-,38+,40-,41+,42+,43-,44+,45-,46+,47+/m0/s1. The molecule has 9 aliphatic rings.